The highest BCUT2D eigenvalue weighted by Crippen LogP contribution is 2.30. The van der Waals surface area contributed by atoms with Crippen LogP contribution in [0.2, 0.25) is 0 Å². The van der Waals surface area contributed by atoms with Crippen molar-refractivity contribution in [3.05, 3.63) is 26.6 Å². The van der Waals surface area contributed by atoms with Crippen LogP contribution in [-0.4, -0.2) is 22.0 Å². The molecule has 1 rings (SSSR count). The number of aromatic hydroxyl groups is 1. The normalized spacial score (nSPS) is 11.6. The molecule has 4 nitrogen and oxygen atoms in total. The lowest BCUT2D eigenvalue weighted by Gasteiger charge is -2.21. The van der Waals surface area contributed by atoms with E-state index in [1.54, 1.807) is 12.1 Å². The third-order valence-corrected chi connectivity index (χ3v) is 3.17. The summed E-state index contributed by atoms with van der Waals surface area (Å²) >= 11 is 11.7. The molecule has 0 aliphatic rings. The lowest BCUT2D eigenvalue weighted by atomic mass is 10.1. The van der Waals surface area contributed by atoms with Gasteiger partial charge in [0.15, 0.2) is 5.11 Å². The predicted octanol–water partition coefficient (Wildman–Crippen LogP) is 3.51. The summed E-state index contributed by atoms with van der Waals surface area (Å²) in [6, 6.07) is 3.51. The number of halogens is 2. The van der Waals surface area contributed by atoms with Gasteiger partial charge in [-0.15, -0.1) is 0 Å². The molecule has 0 aliphatic heterocycles. The van der Waals surface area contributed by atoms with E-state index in [0.717, 1.165) is 4.47 Å². The number of hydrazone groups is 1. The van der Waals surface area contributed by atoms with E-state index in [-0.39, 0.29) is 11.3 Å². The van der Waals surface area contributed by atoms with Crippen LogP contribution >= 0.6 is 44.1 Å². The van der Waals surface area contributed by atoms with Gasteiger partial charge in [0.2, 0.25) is 0 Å². The van der Waals surface area contributed by atoms with Gasteiger partial charge in [0.1, 0.15) is 5.75 Å². The molecular formula is C12H15Br2N3OS. The van der Waals surface area contributed by atoms with E-state index in [1.165, 1.54) is 6.21 Å². The van der Waals surface area contributed by atoms with E-state index in [2.05, 4.69) is 47.7 Å². The first-order valence-corrected chi connectivity index (χ1v) is 7.48. The number of thiocarbonyl (C=S) groups is 1. The van der Waals surface area contributed by atoms with Crippen molar-refractivity contribution in [3.8, 4) is 5.75 Å². The second-order valence-electron chi connectivity index (χ2n) is 4.90. The Bertz CT molecular complexity index is 512. The lowest BCUT2D eigenvalue weighted by molar-refractivity contribution is 0.471. The molecule has 0 atom stereocenters. The van der Waals surface area contributed by atoms with Crippen molar-refractivity contribution in [2.24, 2.45) is 5.10 Å². The first kappa shape index (κ1) is 16.4. The molecule has 3 N–H and O–H groups in total. The SMILES string of the molecule is CC(C)(C)NC(=S)NN=Cc1cc(Br)cc(Br)c1O. The molecular weight excluding hydrogens is 394 g/mol. The zero-order valence-electron chi connectivity index (χ0n) is 10.8. The van der Waals surface area contributed by atoms with E-state index in [4.69, 9.17) is 12.2 Å². The van der Waals surface area contributed by atoms with E-state index >= 15 is 0 Å². The molecule has 0 heterocycles. The maximum atomic E-state index is 9.84. The molecule has 0 amide bonds. The molecule has 0 radical (unpaired) electrons. The van der Waals surface area contributed by atoms with Crippen molar-refractivity contribution in [3.63, 3.8) is 0 Å². The summed E-state index contributed by atoms with van der Waals surface area (Å²) in [6.07, 6.45) is 1.50. The molecule has 0 saturated carbocycles. The Hall–Kier alpha value is -0.660. The van der Waals surface area contributed by atoms with Gasteiger partial charge in [-0.05, 0) is 61.1 Å². The number of phenols is 1. The van der Waals surface area contributed by atoms with Gasteiger partial charge in [-0.1, -0.05) is 15.9 Å². The Balaban J connectivity index is 2.71. The number of nitrogens with zero attached hydrogens (tertiary/aromatic N) is 1. The van der Waals surface area contributed by atoms with Crippen LogP contribution in [0.4, 0.5) is 0 Å². The van der Waals surface area contributed by atoms with E-state index in [1.807, 2.05) is 20.8 Å². The average molecular weight is 409 g/mol. The molecule has 1 aromatic rings. The quantitative estimate of drug-likeness (QED) is 0.398. The summed E-state index contributed by atoms with van der Waals surface area (Å²) < 4.78 is 1.44. The van der Waals surface area contributed by atoms with Crippen LogP contribution < -0.4 is 10.7 Å². The van der Waals surface area contributed by atoms with E-state index < -0.39 is 0 Å². The molecule has 7 heteroatoms. The second kappa shape index (κ2) is 6.67. The highest BCUT2D eigenvalue weighted by Gasteiger charge is 2.10. The standard InChI is InChI=1S/C12H15Br2N3OS/c1-12(2,3)16-11(19)17-15-6-7-4-8(13)5-9(14)10(7)18/h4-6,18H,1-3H3,(H2,16,17,19). The maximum Gasteiger partial charge on any atom is 0.187 e. The van der Waals surface area contributed by atoms with Crippen LogP contribution in [0.3, 0.4) is 0 Å². The van der Waals surface area contributed by atoms with Gasteiger partial charge in [0, 0.05) is 15.6 Å². The van der Waals surface area contributed by atoms with Gasteiger partial charge in [-0.2, -0.15) is 5.10 Å². The average Bonchev–Trinajstić information content (AvgIpc) is 2.22. The summed E-state index contributed by atoms with van der Waals surface area (Å²) in [5.41, 5.74) is 3.15. The van der Waals surface area contributed by atoms with Crippen LogP contribution in [0, 0.1) is 0 Å². The number of rotatable bonds is 2. The molecule has 0 aromatic heterocycles. The smallest absolute Gasteiger partial charge is 0.187 e. The second-order valence-corrected chi connectivity index (χ2v) is 7.08. The third kappa shape index (κ3) is 5.88. The first-order chi connectivity index (χ1) is 8.69. The summed E-state index contributed by atoms with van der Waals surface area (Å²) in [6.45, 7) is 6.01. The summed E-state index contributed by atoms with van der Waals surface area (Å²) in [4.78, 5) is 0. The third-order valence-electron chi connectivity index (χ3n) is 1.92. The van der Waals surface area contributed by atoms with Crippen molar-refractivity contribution in [2.75, 3.05) is 0 Å². The van der Waals surface area contributed by atoms with Gasteiger partial charge in [0.05, 0.1) is 10.7 Å². The fourth-order valence-corrected chi connectivity index (χ4v) is 2.83. The van der Waals surface area contributed by atoms with Crippen LogP contribution in [0.25, 0.3) is 0 Å². The fourth-order valence-electron chi connectivity index (χ4n) is 1.21. The van der Waals surface area contributed by atoms with Crippen LogP contribution in [0.5, 0.6) is 5.75 Å². The fraction of sp³-hybridized carbons (Fsp3) is 0.333. The minimum absolute atomic E-state index is 0.124. The summed E-state index contributed by atoms with van der Waals surface area (Å²) in [5.74, 6) is 0.128. The number of benzene rings is 1. The highest BCUT2D eigenvalue weighted by molar-refractivity contribution is 9.11. The van der Waals surface area contributed by atoms with Gasteiger partial charge in [-0.25, -0.2) is 0 Å². The lowest BCUT2D eigenvalue weighted by Crippen LogP contribution is -2.44. The first-order valence-electron chi connectivity index (χ1n) is 5.48. The van der Waals surface area contributed by atoms with E-state index in [0.29, 0.717) is 15.1 Å². The summed E-state index contributed by atoms with van der Waals surface area (Å²) in [7, 11) is 0. The number of nitrogens with one attached hydrogen (secondary N) is 2. The van der Waals surface area contributed by atoms with Crippen LogP contribution in [0.1, 0.15) is 26.3 Å². The van der Waals surface area contributed by atoms with Gasteiger partial charge in [-0.3, -0.25) is 5.43 Å². The van der Waals surface area contributed by atoms with Crippen molar-refractivity contribution >= 4 is 55.4 Å². The van der Waals surface area contributed by atoms with Gasteiger partial charge >= 0.3 is 0 Å². The predicted molar refractivity (Wildman–Crippen MR) is 89.7 cm³/mol. The summed E-state index contributed by atoms with van der Waals surface area (Å²) in [5, 5.41) is 17.3. The minimum Gasteiger partial charge on any atom is -0.506 e. The van der Waals surface area contributed by atoms with Crippen molar-refractivity contribution < 1.29 is 5.11 Å². The topological polar surface area (TPSA) is 56.7 Å². The zero-order valence-corrected chi connectivity index (χ0v) is 14.8. The maximum absolute atomic E-state index is 9.84. The Labute approximate surface area is 134 Å². The number of hydrogen-bond donors (Lipinski definition) is 3. The Morgan fingerprint density at radius 2 is 2.00 bits per heavy atom. The minimum atomic E-state index is -0.124. The highest BCUT2D eigenvalue weighted by atomic mass is 79.9. The Morgan fingerprint density at radius 3 is 2.58 bits per heavy atom. The molecule has 0 aliphatic carbocycles. The largest absolute Gasteiger partial charge is 0.506 e. The van der Waals surface area contributed by atoms with Crippen LogP contribution in [0.15, 0.2) is 26.2 Å². The molecule has 0 spiro atoms. The van der Waals surface area contributed by atoms with Gasteiger partial charge in [0.25, 0.3) is 0 Å². The zero-order chi connectivity index (χ0) is 14.6. The van der Waals surface area contributed by atoms with E-state index in [9.17, 15) is 5.11 Å². The molecule has 0 unspecified atom stereocenters. The molecule has 0 fully saturated rings. The monoisotopic (exact) mass is 407 g/mol. The molecule has 19 heavy (non-hydrogen) atoms. The molecule has 104 valence electrons. The van der Waals surface area contributed by atoms with Crippen molar-refractivity contribution in [1.82, 2.24) is 10.7 Å². The van der Waals surface area contributed by atoms with Crippen molar-refractivity contribution in [2.45, 2.75) is 26.3 Å². The molecule has 0 bridgehead atoms. The number of phenolic OH excluding ortho intramolecular Hbond substituents is 1. The molecule has 0 saturated heterocycles. The van der Waals surface area contributed by atoms with Crippen LogP contribution in [-0.2, 0) is 0 Å². The van der Waals surface area contributed by atoms with Crippen molar-refractivity contribution in [1.29, 1.82) is 0 Å². The molecule has 1 aromatic carbocycles. The Morgan fingerprint density at radius 1 is 1.37 bits per heavy atom. The Kier molecular flexibility index (Phi) is 5.76. The van der Waals surface area contributed by atoms with Gasteiger partial charge < -0.3 is 10.4 Å². The number of hydrogen-bond acceptors (Lipinski definition) is 3.